The molecule has 1 aromatic carbocycles. The number of alkyl halides is 3. The van der Waals surface area contributed by atoms with Crippen molar-refractivity contribution in [1.29, 1.82) is 0 Å². The van der Waals surface area contributed by atoms with Gasteiger partial charge in [0.15, 0.2) is 5.82 Å². The highest BCUT2D eigenvalue weighted by molar-refractivity contribution is 9.10. The first-order valence-corrected chi connectivity index (χ1v) is 11.0. The second-order valence-corrected chi connectivity index (χ2v) is 9.88. The summed E-state index contributed by atoms with van der Waals surface area (Å²) in [4.78, 5) is 23.8. The second kappa shape index (κ2) is 8.48. The number of amides is 1. The molecule has 0 spiro atoms. The van der Waals surface area contributed by atoms with Crippen LogP contribution in [-0.2, 0) is 10.9 Å². The maximum Gasteiger partial charge on any atom is 0.417 e. The van der Waals surface area contributed by atoms with E-state index in [0.717, 1.165) is 6.07 Å². The fourth-order valence-corrected chi connectivity index (χ4v) is 4.27. The lowest BCUT2D eigenvalue weighted by Crippen LogP contribution is -2.59. The first-order chi connectivity index (χ1) is 14.6. The highest BCUT2D eigenvalue weighted by Crippen LogP contribution is 2.41. The van der Waals surface area contributed by atoms with E-state index < -0.39 is 33.7 Å². The van der Waals surface area contributed by atoms with Crippen LogP contribution in [0.1, 0.15) is 40.2 Å². The lowest BCUT2D eigenvalue weighted by atomic mass is 10.1. The van der Waals surface area contributed by atoms with Gasteiger partial charge in [-0.25, -0.2) is 14.2 Å². The van der Waals surface area contributed by atoms with Gasteiger partial charge in [0.2, 0.25) is 5.28 Å². The highest BCUT2D eigenvalue weighted by atomic mass is 79.9. The smallest absolute Gasteiger partial charge is 0.417 e. The standard InChI is InChI=1S/C20H22BrClF4N4O2/c1-9-8-30(18(31)32-19(3,4)5)10(2)7-29(9)16-11-6-12(20(24,25)26)13(21)14(23)15(11)27-17(22)28-16/h6,9-10H,7-8H2,1-5H3/t9?,10-/m0/s1. The minimum absolute atomic E-state index is 0.0695. The van der Waals surface area contributed by atoms with Gasteiger partial charge in [-0.2, -0.15) is 18.2 Å². The van der Waals surface area contributed by atoms with Gasteiger partial charge in [-0.15, -0.1) is 0 Å². The number of aromatic nitrogens is 2. The van der Waals surface area contributed by atoms with Crippen LogP contribution in [0.5, 0.6) is 0 Å². The second-order valence-electron chi connectivity index (χ2n) is 8.75. The van der Waals surface area contributed by atoms with Gasteiger partial charge in [0.25, 0.3) is 0 Å². The Balaban J connectivity index is 2.06. The molecule has 1 aliphatic rings. The van der Waals surface area contributed by atoms with E-state index in [1.165, 1.54) is 0 Å². The van der Waals surface area contributed by atoms with Gasteiger partial charge >= 0.3 is 12.3 Å². The Morgan fingerprint density at radius 1 is 1.19 bits per heavy atom. The Bertz CT molecular complexity index is 1060. The number of nitrogens with zero attached hydrogens (tertiary/aromatic N) is 4. The monoisotopic (exact) mass is 540 g/mol. The number of ether oxygens (including phenoxy) is 1. The number of anilines is 1. The predicted molar refractivity (Wildman–Crippen MR) is 116 cm³/mol. The van der Waals surface area contributed by atoms with Crippen LogP contribution in [0, 0.1) is 5.82 Å². The van der Waals surface area contributed by atoms with Crippen LogP contribution in [0.2, 0.25) is 5.28 Å². The van der Waals surface area contributed by atoms with Crippen LogP contribution < -0.4 is 4.90 Å². The molecule has 0 bridgehead atoms. The first kappa shape index (κ1) is 24.8. The number of benzene rings is 1. The zero-order valence-corrected chi connectivity index (χ0v) is 20.4. The summed E-state index contributed by atoms with van der Waals surface area (Å²) in [5, 5.41) is -0.417. The first-order valence-electron chi connectivity index (χ1n) is 9.79. The molecule has 1 aliphatic heterocycles. The lowest BCUT2D eigenvalue weighted by Gasteiger charge is -2.45. The molecule has 32 heavy (non-hydrogen) atoms. The van der Waals surface area contributed by atoms with Crippen LogP contribution in [0.3, 0.4) is 0 Å². The van der Waals surface area contributed by atoms with Crippen molar-refractivity contribution in [2.45, 2.75) is 58.5 Å². The molecule has 6 nitrogen and oxygen atoms in total. The number of rotatable bonds is 1. The van der Waals surface area contributed by atoms with Crippen LogP contribution >= 0.6 is 27.5 Å². The van der Waals surface area contributed by atoms with Crippen molar-refractivity contribution in [3.05, 3.63) is 27.2 Å². The molecule has 0 aliphatic carbocycles. The summed E-state index contributed by atoms with van der Waals surface area (Å²) in [6.07, 6.45) is -5.28. The topological polar surface area (TPSA) is 58.6 Å². The summed E-state index contributed by atoms with van der Waals surface area (Å²) in [5.41, 5.74) is -2.18. The number of carbonyl (C=O) groups excluding carboxylic acids is 1. The summed E-state index contributed by atoms with van der Waals surface area (Å²) >= 11 is 8.68. The van der Waals surface area contributed by atoms with Gasteiger partial charge in [-0.05, 0) is 68.2 Å². The number of carbonyl (C=O) groups is 1. The fraction of sp³-hybridized carbons (Fsp3) is 0.550. The summed E-state index contributed by atoms with van der Waals surface area (Å²) in [7, 11) is 0. The molecule has 1 saturated heterocycles. The average Bonchev–Trinajstić information content (AvgIpc) is 2.63. The van der Waals surface area contributed by atoms with Crippen LogP contribution in [-0.4, -0.2) is 51.7 Å². The van der Waals surface area contributed by atoms with Gasteiger partial charge < -0.3 is 14.5 Å². The van der Waals surface area contributed by atoms with Crippen molar-refractivity contribution in [1.82, 2.24) is 14.9 Å². The molecule has 12 heteroatoms. The predicted octanol–water partition coefficient (Wildman–Crippen LogP) is 6.04. The zero-order valence-electron chi connectivity index (χ0n) is 18.0. The van der Waals surface area contributed by atoms with Crippen LogP contribution in [0.25, 0.3) is 10.9 Å². The van der Waals surface area contributed by atoms with E-state index in [2.05, 4.69) is 25.9 Å². The molecule has 0 N–H and O–H groups in total. The molecule has 0 radical (unpaired) electrons. The SMILES string of the molecule is CC1CN(C(=O)OC(C)(C)C)[C@@H](C)CN1c1nc(Cl)nc2c(F)c(Br)c(C(F)(F)F)cc12. The van der Waals surface area contributed by atoms with Crippen molar-refractivity contribution in [3.63, 3.8) is 0 Å². The molecule has 2 aromatic rings. The third-order valence-electron chi connectivity index (χ3n) is 5.02. The minimum atomic E-state index is -4.79. The molecular formula is C20H22BrClF4N4O2. The van der Waals surface area contributed by atoms with E-state index in [1.54, 1.807) is 44.4 Å². The molecule has 1 unspecified atom stereocenters. The normalized spacial score (nSPS) is 20.1. The van der Waals surface area contributed by atoms with Crippen molar-refractivity contribution < 1.29 is 27.1 Å². The van der Waals surface area contributed by atoms with E-state index in [-0.39, 0.29) is 47.2 Å². The van der Waals surface area contributed by atoms with Gasteiger partial charge in [-0.1, -0.05) is 0 Å². The van der Waals surface area contributed by atoms with Gasteiger partial charge in [-0.3, -0.25) is 0 Å². The van der Waals surface area contributed by atoms with Crippen molar-refractivity contribution >= 4 is 50.3 Å². The van der Waals surface area contributed by atoms with Crippen LogP contribution in [0.15, 0.2) is 10.5 Å². The molecule has 176 valence electrons. The van der Waals surface area contributed by atoms with Gasteiger partial charge in [0.1, 0.15) is 16.9 Å². The largest absolute Gasteiger partial charge is 0.444 e. The van der Waals surface area contributed by atoms with E-state index >= 15 is 0 Å². The highest BCUT2D eigenvalue weighted by Gasteiger charge is 2.38. The van der Waals surface area contributed by atoms with Crippen molar-refractivity contribution in [3.8, 4) is 0 Å². The fourth-order valence-electron chi connectivity index (χ4n) is 3.58. The minimum Gasteiger partial charge on any atom is -0.444 e. The Kier molecular flexibility index (Phi) is 6.56. The summed E-state index contributed by atoms with van der Waals surface area (Å²) < 4.78 is 60.0. The Morgan fingerprint density at radius 2 is 1.81 bits per heavy atom. The summed E-state index contributed by atoms with van der Waals surface area (Å²) in [5.74, 6) is -1.10. The van der Waals surface area contributed by atoms with Gasteiger partial charge in [0.05, 0.1) is 10.0 Å². The van der Waals surface area contributed by atoms with Gasteiger partial charge in [0, 0.05) is 30.6 Å². The summed E-state index contributed by atoms with van der Waals surface area (Å²) in [6, 6.07) is 0.0901. The van der Waals surface area contributed by atoms with E-state index in [0.29, 0.717) is 0 Å². The van der Waals surface area contributed by atoms with Crippen LogP contribution in [0.4, 0.5) is 28.2 Å². The number of hydrogen-bond donors (Lipinski definition) is 0. The molecule has 0 saturated carbocycles. The number of piperazine rings is 1. The maximum atomic E-state index is 14.8. The number of fused-ring (bicyclic) bond motifs is 1. The maximum absolute atomic E-state index is 14.8. The Morgan fingerprint density at radius 3 is 2.38 bits per heavy atom. The average molecular weight is 542 g/mol. The third-order valence-corrected chi connectivity index (χ3v) is 5.96. The molecule has 2 atom stereocenters. The lowest BCUT2D eigenvalue weighted by molar-refractivity contribution is -0.138. The quantitative estimate of drug-likeness (QED) is 0.326. The molecular weight excluding hydrogens is 520 g/mol. The third kappa shape index (κ3) is 4.88. The molecule has 1 aromatic heterocycles. The zero-order chi connectivity index (χ0) is 24.2. The van der Waals surface area contributed by atoms with E-state index in [9.17, 15) is 22.4 Å². The van der Waals surface area contributed by atoms with Crippen molar-refractivity contribution in [2.24, 2.45) is 0 Å². The summed E-state index contributed by atoms with van der Waals surface area (Å²) in [6.45, 7) is 9.29. The Labute approximate surface area is 196 Å². The van der Waals surface area contributed by atoms with E-state index in [4.69, 9.17) is 16.3 Å². The van der Waals surface area contributed by atoms with E-state index in [1.807, 2.05) is 0 Å². The Hall–Kier alpha value is -1.88. The molecule has 3 rings (SSSR count). The molecule has 1 fully saturated rings. The molecule has 2 heterocycles. The van der Waals surface area contributed by atoms with Crippen molar-refractivity contribution in [2.75, 3.05) is 18.0 Å². The molecule has 1 amide bonds. The number of hydrogen-bond acceptors (Lipinski definition) is 5. The number of halogens is 6.